The molecule has 5 N–H and O–H groups in total. The largest absolute Gasteiger partial charge is 0.477 e. The van der Waals surface area contributed by atoms with E-state index in [1.807, 2.05) is 0 Å². The summed E-state index contributed by atoms with van der Waals surface area (Å²) in [7, 11) is 0. The molecule has 30 heavy (non-hydrogen) atoms. The Morgan fingerprint density at radius 2 is 2.20 bits per heavy atom. The summed E-state index contributed by atoms with van der Waals surface area (Å²) in [6.07, 6.45) is 0.0437. The molecule has 2 aliphatic heterocycles. The molecule has 0 radical (unpaired) electrons. The molecule has 2 aliphatic rings. The summed E-state index contributed by atoms with van der Waals surface area (Å²) in [4.78, 5) is 38.2. The number of amides is 2. The third-order valence-corrected chi connectivity index (χ3v) is 6.94. The topological polar surface area (TPSA) is 167 Å². The number of aliphatic carboxylic acids is 1. The number of thioether (sulfide) groups is 2. The lowest BCUT2D eigenvalue weighted by molar-refractivity contribution is -0.150. The SMILES string of the molecule is Nc1ccccc1CC(=O)NC1C(=O)N2C(C(=O)O)=C(CSc3nn[nH]n3)CS[C@@H]12. The van der Waals surface area contributed by atoms with Gasteiger partial charge in [-0.2, -0.15) is 5.21 Å². The number of tetrazole rings is 1. The average molecular weight is 448 g/mol. The highest BCUT2D eigenvalue weighted by Crippen LogP contribution is 2.41. The van der Waals surface area contributed by atoms with Crippen LogP contribution in [0.2, 0.25) is 0 Å². The number of carboxylic acids is 1. The molecule has 4 rings (SSSR count). The van der Waals surface area contributed by atoms with Crippen LogP contribution < -0.4 is 11.1 Å². The molecule has 1 unspecified atom stereocenters. The van der Waals surface area contributed by atoms with Gasteiger partial charge >= 0.3 is 5.97 Å². The van der Waals surface area contributed by atoms with Crippen molar-refractivity contribution in [3.63, 3.8) is 0 Å². The van der Waals surface area contributed by atoms with Gasteiger partial charge in [-0.3, -0.25) is 14.5 Å². The number of benzene rings is 1. The number of hydrogen-bond acceptors (Lipinski definition) is 9. The van der Waals surface area contributed by atoms with Gasteiger partial charge in [-0.1, -0.05) is 30.0 Å². The normalized spacial score (nSPS) is 20.5. The van der Waals surface area contributed by atoms with Crippen LogP contribution in [-0.4, -0.2) is 71.3 Å². The summed E-state index contributed by atoms with van der Waals surface area (Å²) in [5, 5.41) is 25.7. The Morgan fingerprint density at radius 1 is 1.40 bits per heavy atom. The van der Waals surface area contributed by atoms with Gasteiger partial charge in [0, 0.05) is 17.2 Å². The number of aromatic nitrogens is 4. The van der Waals surface area contributed by atoms with E-state index in [0.717, 1.165) is 0 Å². The second-order valence-corrected chi connectivity index (χ2v) is 8.62. The number of H-pyrrole nitrogens is 1. The second kappa shape index (κ2) is 8.36. The van der Waals surface area contributed by atoms with Crippen LogP contribution >= 0.6 is 23.5 Å². The van der Waals surface area contributed by atoms with E-state index < -0.39 is 23.3 Å². The number of hydrogen-bond donors (Lipinski definition) is 4. The predicted molar refractivity (Wildman–Crippen MR) is 109 cm³/mol. The molecule has 1 aromatic carbocycles. The van der Waals surface area contributed by atoms with Crippen molar-refractivity contribution in [2.24, 2.45) is 0 Å². The number of nitrogens with zero attached hydrogens (tertiary/aromatic N) is 4. The van der Waals surface area contributed by atoms with Gasteiger partial charge in [0.1, 0.15) is 17.1 Å². The highest BCUT2D eigenvalue weighted by Gasteiger charge is 2.54. The number of nitrogens with two attached hydrogens (primary N) is 1. The molecule has 0 bridgehead atoms. The number of carbonyl (C=O) groups is 3. The molecule has 13 heteroatoms. The highest BCUT2D eigenvalue weighted by molar-refractivity contribution is 8.01. The zero-order chi connectivity index (χ0) is 21.3. The van der Waals surface area contributed by atoms with E-state index in [2.05, 4.69) is 25.9 Å². The number of fused-ring (bicyclic) bond motifs is 1. The maximum Gasteiger partial charge on any atom is 0.352 e. The van der Waals surface area contributed by atoms with Crippen molar-refractivity contribution in [3.05, 3.63) is 41.1 Å². The fourth-order valence-electron chi connectivity index (χ4n) is 3.25. The molecule has 11 nitrogen and oxygen atoms in total. The summed E-state index contributed by atoms with van der Waals surface area (Å²) in [5.74, 6) is -1.24. The summed E-state index contributed by atoms with van der Waals surface area (Å²) >= 11 is 2.64. The van der Waals surface area contributed by atoms with Crippen LogP contribution in [0.5, 0.6) is 0 Å². The van der Waals surface area contributed by atoms with Crippen molar-refractivity contribution in [2.75, 3.05) is 17.2 Å². The third kappa shape index (κ3) is 3.85. The molecule has 0 aliphatic carbocycles. The van der Waals surface area contributed by atoms with Crippen molar-refractivity contribution in [1.82, 2.24) is 30.8 Å². The lowest BCUT2D eigenvalue weighted by Crippen LogP contribution is -2.70. The quantitative estimate of drug-likeness (QED) is 0.255. The number of carboxylic acid groups (broad SMARTS) is 1. The van der Waals surface area contributed by atoms with Gasteiger partial charge in [-0.05, 0) is 22.4 Å². The van der Waals surface area contributed by atoms with E-state index in [1.54, 1.807) is 24.3 Å². The van der Waals surface area contributed by atoms with E-state index in [4.69, 9.17) is 5.73 Å². The van der Waals surface area contributed by atoms with E-state index in [1.165, 1.54) is 28.4 Å². The molecule has 1 aromatic heterocycles. The van der Waals surface area contributed by atoms with E-state index in [-0.39, 0.29) is 18.0 Å². The Morgan fingerprint density at radius 3 is 2.90 bits per heavy atom. The van der Waals surface area contributed by atoms with Crippen molar-refractivity contribution in [1.29, 1.82) is 0 Å². The summed E-state index contributed by atoms with van der Waals surface area (Å²) < 4.78 is 0. The van der Waals surface area contributed by atoms with E-state index >= 15 is 0 Å². The number of β-lactam (4-membered cyclic amide) rings is 1. The number of para-hydroxylation sites is 1. The molecule has 2 amide bonds. The van der Waals surface area contributed by atoms with Crippen LogP contribution in [0, 0.1) is 0 Å². The summed E-state index contributed by atoms with van der Waals surface area (Å²) in [6.45, 7) is 0. The van der Waals surface area contributed by atoms with Crippen LogP contribution in [0.1, 0.15) is 5.56 Å². The Balaban J connectivity index is 1.44. The molecule has 1 fully saturated rings. The number of nitrogens with one attached hydrogen (secondary N) is 2. The van der Waals surface area contributed by atoms with Gasteiger partial charge in [0.25, 0.3) is 5.91 Å². The first-order chi connectivity index (χ1) is 14.5. The number of rotatable bonds is 7. The molecule has 0 saturated carbocycles. The van der Waals surface area contributed by atoms with Gasteiger partial charge in [0.2, 0.25) is 11.1 Å². The van der Waals surface area contributed by atoms with Gasteiger partial charge < -0.3 is 16.2 Å². The van der Waals surface area contributed by atoms with Crippen LogP contribution in [0.25, 0.3) is 0 Å². The van der Waals surface area contributed by atoms with Crippen LogP contribution in [0.4, 0.5) is 5.69 Å². The van der Waals surface area contributed by atoms with Crippen LogP contribution in [0.15, 0.2) is 40.7 Å². The molecule has 0 spiro atoms. The lowest BCUT2D eigenvalue weighted by Gasteiger charge is -2.49. The number of anilines is 1. The maximum atomic E-state index is 12.7. The third-order valence-electron chi connectivity index (χ3n) is 4.67. The zero-order valence-corrected chi connectivity index (χ0v) is 17.1. The van der Waals surface area contributed by atoms with Crippen LogP contribution in [0.3, 0.4) is 0 Å². The second-order valence-electron chi connectivity index (χ2n) is 6.57. The predicted octanol–water partition coefficient (Wildman–Crippen LogP) is -0.145. The van der Waals surface area contributed by atoms with E-state index in [9.17, 15) is 19.5 Å². The first-order valence-corrected chi connectivity index (χ1v) is 10.9. The molecular formula is C17H17N7O4S2. The van der Waals surface area contributed by atoms with Crippen molar-refractivity contribution in [2.45, 2.75) is 23.0 Å². The Bertz CT molecular complexity index is 1030. The summed E-state index contributed by atoms with van der Waals surface area (Å²) in [6, 6.07) is 6.24. The minimum Gasteiger partial charge on any atom is -0.477 e. The average Bonchev–Trinajstić information content (AvgIpc) is 3.25. The molecule has 156 valence electrons. The first kappa shape index (κ1) is 20.2. The molecule has 2 aromatic rings. The fraction of sp³-hybridized carbons (Fsp3) is 0.294. The van der Waals surface area contributed by atoms with Crippen molar-refractivity contribution in [3.8, 4) is 0 Å². The van der Waals surface area contributed by atoms with Crippen LogP contribution in [-0.2, 0) is 20.8 Å². The minimum atomic E-state index is -1.18. The van der Waals surface area contributed by atoms with Crippen molar-refractivity contribution < 1.29 is 19.5 Å². The Hall–Kier alpha value is -3.06. The monoisotopic (exact) mass is 447 g/mol. The van der Waals surface area contributed by atoms with Gasteiger partial charge in [-0.25, -0.2) is 4.79 Å². The Labute approximate surface area is 178 Å². The smallest absolute Gasteiger partial charge is 0.352 e. The fourth-order valence-corrected chi connectivity index (χ4v) is 5.47. The minimum absolute atomic E-state index is 0.0437. The number of carbonyl (C=O) groups excluding carboxylic acids is 2. The molecule has 3 heterocycles. The van der Waals surface area contributed by atoms with Gasteiger partial charge in [0.15, 0.2) is 0 Å². The van der Waals surface area contributed by atoms with E-state index in [0.29, 0.717) is 33.5 Å². The van der Waals surface area contributed by atoms with Gasteiger partial charge in [-0.15, -0.1) is 22.0 Å². The van der Waals surface area contributed by atoms with Crippen molar-refractivity contribution >= 4 is 47.0 Å². The molecular weight excluding hydrogens is 430 g/mol. The number of nitrogen functional groups attached to an aromatic ring is 1. The van der Waals surface area contributed by atoms with Gasteiger partial charge in [0.05, 0.1) is 6.42 Å². The Kier molecular flexibility index (Phi) is 5.63. The standard InChI is InChI=1S/C17H17N7O4S2/c18-10-4-2-1-3-8(10)5-11(25)19-12-14(26)24-13(16(27)28)9(6-29-15(12)24)7-30-17-20-22-23-21-17/h1-4,12,15H,5-7,18H2,(H,19,25)(H,27,28)(H,20,21,22,23)/t12?,15-/m0/s1. The first-order valence-electron chi connectivity index (χ1n) is 8.84. The lowest BCUT2D eigenvalue weighted by atomic mass is 10.0. The molecule has 1 saturated heterocycles. The number of aromatic amines is 1. The molecule has 2 atom stereocenters. The maximum absolute atomic E-state index is 12.7. The highest BCUT2D eigenvalue weighted by atomic mass is 32.2. The zero-order valence-electron chi connectivity index (χ0n) is 15.4. The summed E-state index contributed by atoms with van der Waals surface area (Å²) in [5.41, 5.74) is 7.58.